The summed E-state index contributed by atoms with van der Waals surface area (Å²) in [6, 6.07) is 17.9. The average Bonchev–Trinajstić information content (AvgIpc) is 3.07. The number of amides is 1. The molecule has 0 saturated carbocycles. The molecule has 1 aliphatic heterocycles. The summed E-state index contributed by atoms with van der Waals surface area (Å²) in [6.07, 6.45) is 0. The van der Waals surface area contributed by atoms with E-state index in [0.717, 1.165) is 0 Å². The fourth-order valence-electron chi connectivity index (χ4n) is 3.52. The van der Waals surface area contributed by atoms with Crippen molar-refractivity contribution in [1.29, 1.82) is 5.26 Å². The van der Waals surface area contributed by atoms with Crippen LogP contribution in [0.3, 0.4) is 0 Å². The Morgan fingerprint density at radius 2 is 1.88 bits per heavy atom. The predicted octanol–water partition coefficient (Wildman–Crippen LogP) is 3.04. The molecule has 3 rings (SSSR count). The number of rotatable bonds is 3. The Labute approximate surface area is 149 Å². The van der Waals surface area contributed by atoms with Crippen LogP contribution in [0.15, 0.2) is 48.5 Å². The second kappa shape index (κ2) is 7.08. The van der Waals surface area contributed by atoms with E-state index < -0.39 is 0 Å². The highest BCUT2D eigenvalue weighted by molar-refractivity contribution is 5.94. The molecule has 4 nitrogen and oxygen atoms in total. The Kier molecular flexibility index (Phi) is 4.87. The maximum atomic E-state index is 12.9. The van der Waals surface area contributed by atoms with Crippen molar-refractivity contribution >= 4 is 5.91 Å². The standard InChI is InChI=1S/C21H23N3O/c1-15-7-9-17(10-8-15)19-13-24(14-20(19)23(2)3)21(25)18-6-4-5-16(11-18)12-22/h4-11,19-20H,13-14H2,1-3H3/t19-,20+/m0/s1. The number of hydrogen-bond donors (Lipinski definition) is 0. The van der Waals surface area contributed by atoms with Gasteiger partial charge in [-0.15, -0.1) is 0 Å². The van der Waals surface area contributed by atoms with Crippen LogP contribution in [0.1, 0.15) is 33.0 Å². The normalized spacial score (nSPS) is 19.9. The lowest BCUT2D eigenvalue weighted by Gasteiger charge is -2.25. The lowest BCUT2D eigenvalue weighted by atomic mass is 9.93. The van der Waals surface area contributed by atoms with Gasteiger partial charge in [-0.1, -0.05) is 35.9 Å². The quantitative estimate of drug-likeness (QED) is 0.867. The van der Waals surface area contributed by atoms with Crippen molar-refractivity contribution in [3.05, 3.63) is 70.8 Å². The monoisotopic (exact) mass is 333 g/mol. The number of benzene rings is 2. The molecule has 0 aromatic heterocycles. The highest BCUT2D eigenvalue weighted by Gasteiger charge is 2.37. The van der Waals surface area contributed by atoms with Crippen molar-refractivity contribution in [2.45, 2.75) is 18.9 Å². The SMILES string of the molecule is Cc1ccc([C@@H]2CN(C(=O)c3cccc(C#N)c3)C[C@H]2N(C)C)cc1. The molecule has 0 bridgehead atoms. The van der Waals surface area contributed by atoms with Crippen LogP contribution in [-0.4, -0.2) is 48.9 Å². The molecule has 1 saturated heterocycles. The first-order valence-corrected chi connectivity index (χ1v) is 8.52. The van der Waals surface area contributed by atoms with Gasteiger partial charge in [-0.3, -0.25) is 4.79 Å². The van der Waals surface area contributed by atoms with Crippen LogP contribution in [0.25, 0.3) is 0 Å². The molecule has 0 radical (unpaired) electrons. The fraction of sp³-hybridized carbons (Fsp3) is 0.333. The Balaban J connectivity index is 1.85. The van der Waals surface area contributed by atoms with Crippen LogP contribution in [0.5, 0.6) is 0 Å². The van der Waals surface area contributed by atoms with Gasteiger partial charge in [0.05, 0.1) is 11.6 Å². The molecule has 0 unspecified atom stereocenters. The first-order valence-electron chi connectivity index (χ1n) is 8.52. The molecule has 25 heavy (non-hydrogen) atoms. The first-order chi connectivity index (χ1) is 12.0. The second-order valence-corrected chi connectivity index (χ2v) is 6.95. The molecule has 1 amide bonds. The smallest absolute Gasteiger partial charge is 0.253 e. The molecule has 2 aromatic carbocycles. The third kappa shape index (κ3) is 3.57. The van der Waals surface area contributed by atoms with Crippen LogP contribution in [0.2, 0.25) is 0 Å². The second-order valence-electron chi connectivity index (χ2n) is 6.95. The molecule has 2 atom stereocenters. The Bertz CT molecular complexity index is 805. The van der Waals surface area contributed by atoms with Gasteiger partial charge in [0.2, 0.25) is 0 Å². The van der Waals surface area contributed by atoms with E-state index in [1.165, 1.54) is 11.1 Å². The average molecular weight is 333 g/mol. The largest absolute Gasteiger partial charge is 0.336 e. The first kappa shape index (κ1) is 17.2. The van der Waals surface area contributed by atoms with E-state index in [9.17, 15) is 4.79 Å². The molecule has 128 valence electrons. The maximum Gasteiger partial charge on any atom is 0.253 e. The van der Waals surface area contributed by atoms with Crippen LogP contribution in [0, 0.1) is 18.3 Å². The van der Waals surface area contributed by atoms with Crippen molar-refractivity contribution in [3.63, 3.8) is 0 Å². The maximum absolute atomic E-state index is 12.9. The zero-order valence-corrected chi connectivity index (χ0v) is 14.9. The van der Waals surface area contributed by atoms with Gasteiger partial charge in [0.25, 0.3) is 5.91 Å². The summed E-state index contributed by atoms with van der Waals surface area (Å²) in [6.45, 7) is 3.47. The molecule has 4 heteroatoms. The number of likely N-dealkylation sites (tertiary alicyclic amines) is 1. The third-order valence-corrected chi connectivity index (χ3v) is 4.98. The minimum Gasteiger partial charge on any atom is -0.336 e. The Morgan fingerprint density at radius 1 is 1.16 bits per heavy atom. The number of nitriles is 1. The highest BCUT2D eigenvalue weighted by Crippen LogP contribution is 2.31. The molecule has 2 aromatic rings. The van der Waals surface area contributed by atoms with Crippen LogP contribution in [0.4, 0.5) is 0 Å². The molecule has 1 heterocycles. The minimum absolute atomic E-state index is 0.00133. The van der Waals surface area contributed by atoms with Gasteiger partial charge >= 0.3 is 0 Å². The molecular weight excluding hydrogens is 310 g/mol. The lowest BCUT2D eigenvalue weighted by Crippen LogP contribution is -2.35. The fourth-order valence-corrected chi connectivity index (χ4v) is 3.52. The van der Waals surface area contributed by atoms with Gasteiger partial charge in [-0.05, 0) is 44.8 Å². The van der Waals surface area contributed by atoms with E-state index in [1.807, 2.05) is 4.90 Å². The molecule has 0 aliphatic carbocycles. The van der Waals surface area contributed by atoms with Crippen molar-refractivity contribution in [2.75, 3.05) is 27.2 Å². The number of hydrogen-bond acceptors (Lipinski definition) is 3. The zero-order valence-electron chi connectivity index (χ0n) is 14.9. The number of likely N-dealkylation sites (N-methyl/N-ethyl adjacent to an activating group) is 1. The van der Waals surface area contributed by atoms with Gasteiger partial charge in [-0.2, -0.15) is 5.26 Å². The van der Waals surface area contributed by atoms with Gasteiger partial charge in [0.15, 0.2) is 0 Å². The molecule has 1 aliphatic rings. The molecule has 0 N–H and O–H groups in total. The van der Waals surface area contributed by atoms with E-state index in [1.54, 1.807) is 24.3 Å². The van der Waals surface area contributed by atoms with Crippen molar-refractivity contribution in [3.8, 4) is 6.07 Å². The zero-order chi connectivity index (χ0) is 18.0. The minimum atomic E-state index is -0.00133. The van der Waals surface area contributed by atoms with Gasteiger partial charge < -0.3 is 9.80 Å². The molecule has 1 fully saturated rings. The van der Waals surface area contributed by atoms with E-state index in [-0.39, 0.29) is 11.9 Å². The van der Waals surface area contributed by atoms with E-state index in [2.05, 4.69) is 56.3 Å². The third-order valence-electron chi connectivity index (χ3n) is 4.98. The van der Waals surface area contributed by atoms with E-state index >= 15 is 0 Å². The summed E-state index contributed by atoms with van der Waals surface area (Å²) in [5.74, 6) is 0.289. The van der Waals surface area contributed by atoms with Crippen molar-refractivity contribution < 1.29 is 4.79 Å². The number of nitrogens with zero attached hydrogens (tertiary/aromatic N) is 3. The predicted molar refractivity (Wildman–Crippen MR) is 98.5 cm³/mol. The van der Waals surface area contributed by atoms with E-state index in [4.69, 9.17) is 5.26 Å². The van der Waals surface area contributed by atoms with Gasteiger partial charge in [0, 0.05) is 30.6 Å². The molecule has 0 spiro atoms. The van der Waals surface area contributed by atoms with Gasteiger partial charge in [-0.25, -0.2) is 0 Å². The summed E-state index contributed by atoms with van der Waals surface area (Å²) >= 11 is 0. The summed E-state index contributed by atoms with van der Waals surface area (Å²) in [7, 11) is 4.13. The molecular formula is C21H23N3O. The number of carbonyl (C=O) groups is 1. The summed E-state index contributed by atoms with van der Waals surface area (Å²) in [5, 5.41) is 9.06. The number of aryl methyl sites for hydroxylation is 1. The summed E-state index contributed by atoms with van der Waals surface area (Å²) in [5.41, 5.74) is 3.61. The van der Waals surface area contributed by atoms with E-state index in [0.29, 0.717) is 30.1 Å². The Hall–Kier alpha value is -2.64. The van der Waals surface area contributed by atoms with Crippen LogP contribution in [-0.2, 0) is 0 Å². The van der Waals surface area contributed by atoms with Gasteiger partial charge in [0.1, 0.15) is 0 Å². The topological polar surface area (TPSA) is 47.3 Å². The number of carbonyl (C=O) groups excluding carboxylic acids is 1. The Morgan fingerprint density at radius 3 is 2.52 bits per heavy atom. The summed E-state index contributed by atoms with van der Waals surface area (Å²) < 4.78 is 0. The van der Waals surface area contributed by atoms with Crippen LogP contribution >= 0.6 is 0 Å². The lowest BCUT2D eigenvalue weighted by molar-refractivity contribution is 0.0782. The highest BCUT2D eigenvalue weighted by atomic mass is 16.2. The van der Waals surface area contributed by atoms with Crippen molar-refractivity contribution in [1.82, 2.24) is 9.80 Å². The van der Waals surface area contributed by atoms with Crippen LogP contribution < -0.4 is 0 Å². The van der Waals surface area contributed by atoms with Crippen molar-refractivity contribution in [2.24, 2.45) is 0 Å². The summed E-state index contributed by atoms with van der Waals surface area (Å²) in [4.78, 5) is 17.0.